The number of methoxy groups -OCH3 is 1. The molecule has 0 unspecified atom stereocenters. The fourth-order valence-electron chi connectivity index (χ4n) is 1.85. The molecule has 0 saturated heterocycles. The molecule has 0 spiro atoms. The molecule has 2 nitrogen and oxygen atoms in total. The van der Waals surface area contributed by atoms with Gasteiger partial charge in [-0.15, -0.1) is 11.3 Å². The van der Waals surface area contributed by atoms with E-state index in [2.05, 4.69) is 41.7 Å². The first-order chi connectivity index (χ1) is 8.82. The highest BCUT2D eigenvalue weighted by molar-refractivity contribution is 9.11. The summed E-state index contributed by atoms with van der Waals surface area (Å²) in [6.07, 6.45) is 0. The first-order valence-electron chi connectivity index (χ1n) is 5.83. The third-order valence-corrected chi connectivity index (χ3v) is 4.87. The van der Waals surface area contributed by atoms with Gasteiger partial charge < -0.3 is 4.74 Å². The predicted molar refractivity (Wildman–Crippen MR) is 85.5 cm³/mol. The van der Waals surface area contributed by atoms with E-state index in [9.17, 15) is 0 Å². The third kappa shape index (κ3) is 3.12. The Hall–Kier alpha value is -0.580. The highest BCUT2D eigenvalue weighted by Gasteiger charge is 2.25. The lowest BCUT2D eigenvalue weighted by molar-refractivity contribution is 0.416. The maximum Gasteiger partial charge on any atom is 0.160 e. The molecular weight excluding hydrogens is 346 g/mol. The largest absolute Gasteiger partial charge is 0.496 e. The van der Waals surface area contributed by atoms with E-state index < -0.39 is 0 Å². The first kappa shape index (κ1) is 14.8. The Morgan fingerprint density at radius 3 is 2.58 bits per heavy atom. The van der Waals surface area contributed by atoms with Crippen molar-refractivity contribution in [3.63, 3.8) is 0 Å². The number of rotatable bonds is 2. The minimum absolute atomic E-state index is 0.0202. The molecule has 0 bridgehead atoms. The number of nitrogens with zero attached hydrogens (tertiary/aromatic N) is 1. The van der Waals surface area contributed by atoms with Crippen LogP contribution in [0.2, 0.25) is 5.02 Å². The van der Waals surface area contributed by atoms with E-state index in [1.807, 2.05) is 18.2 Å². The molecule has 0 amide bonds. The molecule has 0 aliphatic rings. The summed E-state index contributed by atoms with van der Waals surface area (Å²) in [6.45, 7) is 6.52. The van der Waals surface area contributed by atoms with Gasteiger partial charge in [0, 0.05) is 15.5 Å². The van der Waals surface area contributed by atoms with E-state index in [1.165, 1.54) is 4.88 Å². The van der Waals surface area contributed by atoms with Crippen LogP contribution in [0.15, 0.2) is 22.1 Å². The monoisotopic (exact) mass is 359 g/mol. The topological polar surface area (TPSA) is 22.1 Å². The van der Waals surface area contributed by atoms with Crippen LogP contribution in [-0.2, 0) is 5.41 Å². The Morgan fingerprint density at radius 2 is 2.00 bits per heavy atom. The van der Waals surface area contributed by atoms with Crippen LogP contribution in [-0.4, -0.2) is 12.1 Å². The molecule has 5 heteroatoms. The molecule has 0 aliphatic heterocycles. The zero-order valence-corrected chi connectivity index (χ0v) is 14.4. The Bertz CT molecular complexity index is 604. The smallest absolute Gasteiger partial charge is 0.160 e. The molecule has 2 rings (SSSR count). The van der Waals surface area contributed by atoms with Gasteiger partial charge in [0.1, 0.15) is 5.75 Å². The summed E-state index contributed by atoms with van der Waals surface area (Å²) in [6, 6.07) is 5.59. The van der Waals surface area contributed by atoms with Crippen LogP contribution < -0.4 is 4.74 Å². The molecule has 0 N–H and O–H groups in total. The van der Waals surface area contributed by atoms with Gasteiger partial charge in [-0.05, 0) is 39.5 Å². The van der Waals surface area contributed by atoms with E-state index >= 15 is 0 Å². The zero-order chi connectivity index (χ0) is 14.2. The summed E-state index contributed by atoms with van der Waals surface area (Å²) in [7, 11) is 1.66. The number of hydrogen-bond donors (Lipinski definition) is 0. The van der Waals surface area contributed by atoms with Gasteiger partial charge in [0.15, 0.2) is 3.92 Å². The summed E-state index contributed by atoms with van der Waals surface area (Å²) < 4.78 is 6.29. The summed E-state index contributed by atoms with van der Waals surface area (Å²) in [5.74, 6) is 0.785. The van der Waals surface area contributed by atoms with Crippen molar-refractivity contribution < 1.29 is 4.74 Å². The number of ether oxygens (including phenoxy) is 1. The Balaban J connectivity index is 2.68. The quantitative estimate of drug-likeness (QED) is 0.702. The molecular formula is C14H15BrClNOS. The zero-order valence-electron chi connectivity index (χ0n) is 11.3. The number of hydrogen-bond acceptors (Lipinski definition) is 3. The van der Waals surface area contributed by atoms with Crippen molar-refractivity contribution in [2.45, 2.75) is 26.2 Å². The lowest BCUT2D eigenvalue weighted by Gasteiger charge is -2.18. The minimum Gasteiger partial charge on any atom is -0.496 e. The number of benzene rings is 1. The van der Waals surface area contributed by atoms with Crippen LogP contribution in [0, 0.1) is 0 Å². The van der Waals surface area contributed by atoms with Crippen molar-refractivity contribution in [2.75, 3.05) is 7.11 Å². The molecule has 0 atom stereocenters. The second-order valence-corrected chi connectivity index (χ2v) is 7.95. The maximum atomic E-state index is 6.11. The molecule has 19 heavy (non-hydrogen) atoms. The van der Waals surface area contributed by atoms with Crippen LogP contribution in [0.3, 0.4) is 0 Å². The Morgan fingerprint density at radius 1 is 1.32 bits per heavy atom. The molecule has 0 radical (unpaired) electrons. The number of thiazole rings is 1. The van der Waals surface area contributed by atoms with Gasteiger partial charge in [0.2, 0.25) is 0 Å². The van der Waals surface area contributed by atoms with Gasteiger partial charge in [0.05, 0.1) is 12.8 Å². The van der Waals surface area contributed by atoms with E-state index in [0.29, 0.717) is 5.02 Å². The molecule has 0 saturated carbocycles. The molecule has 1 aromatic carbocycles. The van der Waals surface area contributed by atoms with Crippen LogP contribution >= 0.6 is 38.9 Å². The SMILES string of the molecule is COc1ccc(Cl)cc1-c1nc(Br)sc1C(C)(C)C. The van der Waals surface area contributed by atoms with Gasteiger partial charge in [-0.2, -0.15) is 0 Å². The minimum atomic E-state index is 0.0202. The average Bonchev–Trinajstić information content (AvgIpc) is 2.71. The predicted octanol–water partition coefficient (Wildman–Crippen LogP) is 5.53. The molecule has 0 fully saturated rings. The Kier molecular flexibility index (Phi) is 4.23. The summed E-state index contributed by atoms with van der Waals surface area (Å²) in [5.41, 5.74) is 1.89. The molecule has 1 aromatic heterocycles. The number of aromatic nitrogens is 1. The highest BCUT2D eigenvalue weighted by atomic mass is 79.9. The summed E-state index contributed by atoms with van der Waals surface area (Å²) in [5, 5.41) is 0.680. The first-order valence-corrected chi connectivity index (χ1v) is 7.82. The van der Waals surface area contributed by atoms with Crippen molar-refractivity contribution in [3.8, 4) is 17.0 Å². The molecule has 0 aliphatic carbocycles. The van der Waals surface area contributed by atoms with E-state index in [4.69, 9.17) is 16.3 Å². The van der Waals surface area contributed by atoms with Crippen LogP contribution in [0.25, 0.3) is 11.3 Å². The third-order valence-electron chi connectivity index (χ3n) is 2.70. The van der Waals surface area contributed by atoms with Crippen molar-refractivity contribution in [2.24, 2.45) is 0 Å². The van der Waals surface area contributed by atoms with E-state index in [-0.39, 0.29) is 5.41 Å². The van der Waals surface area contributed by atoms with Gasteiger partial charge in [0.25, 0.3) is 0 Å². The van der Waals surface area contributed by atoms with Crippen molar-refractivity contribution in [1.29, 1.82) is 0 Å². The van der Waals surface area contributed by atoms with Gasteiger partial charge in [-0.1, -0.05) is 32.4 Å². The standard InChI is InChI=1S/C14H15BrClNOS/c1-14(2,3)12-11(17-13(15)19-12)9-7-8(16)5-6-10(9)18-4/h5-7H,1-4H3. The maximum absolute atomic E-state index is 6.11. The molecule has 102 valence electrons. The Labute approximate surface area is 130 Å². The summed E-state index contributed by atoms with van der Waals surface area (Å²) in [4.78, 5) is 5.80. The molecule has 2 aromatic rings. The lowest BCUT2D eigenvalue weighted by atomic mass is 9.91. The fraction of sp³-hybridized carbons (Fsp3) is 0.357. The van der Waals surface area contributed by atoms with Crippen LogP contribution in [0.5, 0.6) is 5.75 Å². The second-order valence-electron chi connectivity index (χ2n) is 5.24. The van der Waals surface area contributed by atoms with Crippen LogP contribution in [0.1, 0.15) is 25.6 Å². The normalized spacial score (nSPS) is 11.7. The highest BCUT2D eigenvalue weighted by Crippen LogP contribution is 2.42. The van der Waals surface area contributed by atoms with Crippen molar-refractivity contribution in [1.82, 2.24) is 4.98 Å². The molecule has 1 heterocycles. The number of halogens is 2. The lowest BCUT2D eigenvalue weighted by Crippen LogP contribution is -2.10. The van der Waals surface area contributed by atoms with E-state index in [0.717, 1.165) is 20.9 Å². The van der Waals surface area contributed by atoms with E-state index in [1.54, 1.807) is 18.4 Å². The van der Waals surface area contributed by atoms with Crippen LogP contribution in [0.4, 0.5) is 0 Å². The van der Waals surface area contributed by atoms with Gasteiger partial charge >= 0.3 is 0 Å². The van der Waals surface area contributed by atoms with Gasteiger partial charge in [-0.3, -0.25) is 0 Å². The van der Waals surface area contributed by atoms with Crippen molar-refractivity contribution >= 4 is 38.9 Å². The van der Waals surface area contributed by atoms with Gasteiger partial charge in [-0.25, -0.2) is 4.98 Å². The second kappa shape index (κ2) is 5.43. The average molecular weight is 361 g/mol. The van der Waals surface area contributed by atoms with Crippen molar-refractivity contribution in [3.05, 3.63) is 32.0 Å². The fourth-order valence-corrected chi connectivity index (χ4v) is 3.55. The summed E-state index contributed by atoms with van der Waals surface area (Å²) >= 11 is 11.2.